The predicted molar refractivity (Wildman–Crippen MR) is 157 cm³/mol. The molecule has 1 amide bonds. The molecular formula is C35H41FN2O2. The van der Waals surface area contributed by atoms with E-state index in [-0.39, 0.29) is 29.3 Å². The lowest BCUT2D eigenvalue weighted by Crippen LogP contribution is -2.47. The monoisotopic (exact) mass is 540 g/mol. The highest BCUT2D eigenvalue weighted by Crippen LogP contribution is 2.54. The van der Waals surface area contributed by atoms with Crippen LogP contribution >= 0.6 is 0 Å². The van der Waals surface area contributed by atoms with Gasteiger partial charge in [-0.3, -0.25) is 9.69 Å². The predicted octanol–water partition coefficient (Wildman–Crippen LogP) is 6.29. The van der Waals surface area contributed by atoms with Crippen molar-refractivity contribution in [3.05, 3.63) is 102 Å². The molecule has 2 aliphatic heterocycles. The summed E-state index contributed by atoms with van der Waals surface area (Å²) in [6, 6.07) is 29.1. The fraction of sp³-hybridized carbons (Fsp3) is 0.457. The third-order valence-electron chi connectivity index (χ3n) is 9.54. The molecular weight excluding hydrogens is 499 g/mol. The zero-order valence-corrected chi connectivity index (χ0v) is 23.6. The van der Waals surface area contributed by atoms with Crippen LogP contribution in [0.15, 0.2) is 84.9 Å². The van der Waals surface area contributed by atoms with Gasteiger partial charge < -0.3 is 9.64 Å². The van der Waals surface area contributed by atoms with Gasteiger partial charge in [-0.1, -0.05) is 72.8 Å². The first-order valence-corrected chi connectivity index (χ1v) is 15.0. The van der Waals surface area contributed by atoms with Gasteiger partial charge in [0.15, 0.2) is 0 Å². The lowest BCUT2D eigenvalue weighted by molar-refractivity contribution is -0.129. The molecule has 3 aromatic carbocycles. The van der Waals surface area contributed by atoms with Crippen LogP contribution in [-0.4, -0.2) is 60.7 Å². The minimum atomic E-state index is -0.887. The number of nitrogens with zero attached hydrogens (tertiary/aromatic N) is 2. The Bertz CT molecular complexity index is 1220. The average Bonchev–Trinajstić information content (AvgIpc) is 3.67. The van der Waals surface area contributed by atoms with Gasteiger partial charge in [-0.25, -0.2) is 4.39 Å². The molecule has 0 aromatic heterocycles. The molecule has 2 saturated heterocycles. The fourth-order valence-electron chi connectivity index (χ4n) is 7.61. The zero-order chi connectivity index (χ0) is 27.5. The number of benzene rings is 3. The van der Waals surface area contributed by atoms with Crippen molar-refractivity contribution >= 4 is 5.91 Å². The molecule has 210 valence electrons. The maximum absolute atomic E-state index is 15.5. The Balaban J connectivity index is 1.16. The van der Waals surface area contributed by atoms with Crippen LogP contribution in [0.25, 0.3) is 0 Å². The van der Waals surface area contributed by atoms with Gasteiger partial charge in [0.25, 0.3) is 0 Å². The Kier molecular flexibility index (Phi) is 7.93. The van der Waals surface area contributed by atoms with Gasteiger partial charge in [0.1, 0.15) is 18.0 Å². The summed E-state index contributed by atoms with van der Waals surface area (Å²) in [7, 11) is 0. The standard InChI is InChI=1S/C35H41FN2O2/c1-26(23-37-20-8-9-21-37)40-30-16-14-27(15-17-30)22-34(39)38-24-31-32(25-38)35(19-18-33(31)36,28-10-4-2-5-11-28)29-12-6-3-7-13-29/h2-7,10-17,26,31-33H,8-9,18-25H2,1H3. The van der Waals surface area contributed by atoms with Crippen LogP contribution in [0.3, 0.4) is 0 Å². The Morgan fingerprint density at radius 3 is 2.17 bits per heavy atom. The molecule has 4 unspecified atom stereocenters. The third kappa shape index (κ3) is 5.41. The Hall–Kier alpha value is -3.18. The van der Waals surface area contributed by atoms with Crippen molar-refractivity contribution in [3.8, 4) is 5.75 Å². The average molecular weight is 541 g/mol. The Labute approximate surface area is 238 Å². The van der Waals surface area contributed by atoms with Gasteiger partial charge in [0.05, 0.1) is 6.42 Å². The van der Waals surface area contributed by atoms with Crippen molar-refractivity contribution in [2.24, 2.45) is 11.8 Å². The Morgan fingerprint density at radius 1 is 0.925 bits per heavy atom. The van der Waals surface area contributed by atoms with Crippen LogP contribution < -0.4 is 4.74 Å². The van der Waals surface area contributed by atoms with Gasteiger partial charge in [-0.05, 0) is 80.4 Å². The minimum absolute atomic E-state index is 0.0397. The van der Waals surface area contributed by atoms with Crippen molar-refractivity contribution in [1.29, 1.82) is 0 Å². The van der Waals surface area contributed by atoms with E-state index in [0.29, 0.717) is 25.9 Å². The smallest absolute Gasteiger partial charge is 0.227 e. The van der Waals surface area contributed by atoms with Gasteiger partial charge in [0.2, 0.25) is 5.91 Å². The zero-order valence-electron chi connectivity index (χ0n) is 23.6. The number of likely N-dealkylation sites (tertiary alicyclic amines) is 2. The molecule has 5 heteroatoms. The number of hydrogen-bond acceptors (Lipinski definition) is 3. The highest BCUT2D eigenvalue weighted by atomic mass is 19.1. The van der Waals surface area contributed by atoms with E-state index < -0.39 is 6.17 Å². The molecule has 0 bridgehead atoms. The van der Waals surface area contributed by atoms with Crippen LogP contribution in [-0.2, 0) is 16.6 Å². The molecule has 4 nitrogen and oxygen atoms in total. The minimum Gasteiger partial charge on any atom is -0.489 e. The third-order valence-corrected chi connectivity index (χ3v) is 9.54. The molecule has 1 aliphatic carbocycles. The van der Waals surface area contributed by atoms with Crippen molar-refractivity contribution in [2.75, 3.05) is 32.7 Å². The van der Waals surface area contributed by atoms with Gasteiger partial charge in [0, 0.05) is 31.0 Å². The summed E-state index contributed by atoms with van der Waals surface area (Å²) < 4.78 is 21.6. The summed E-state index contributed by atoms with van der Waals surface area (Å²) in [6.07, 6.45) is 3.39. The molecule has 40 heavy (non-hydrogen) atoms. The lowest BCUT2D eigenvalue weighted by atomic mass is 9.56. The number of rotatable bonds is 8. The maximum Gasteiger partial charge on any atom is 0.227 e. The van der Waals surface area contributed by atoms with E-state index >= 15 is 4.39 Å². The molecule has 3 aromatic rings. The molecule has 3 aliphatic rings. The number of hydrogen-bond donors (Lipinski definition) is 0. The second-order valence-electron chi connectivity index (χ2n) is 12.1. The summed E-state index contributed by atoms with van der Waals surface area (Å²) in [6.45, 7) is 6.46. The summed E-state index contributed by atoms with van der Waals surface area (Å²) in [5, 5.41) is 0. The van der Waals surface area contributed by atoms with Crippen molar-refractivity contribution in [1.82, 2.24) is 9.80 Å². The van der Waals surface area contributed by atoms with Gasteiger partial charge in [-0.15, -0.1) is 0 Å². The van der Waals surface area contributed by atoms with E-state index in [1.165, 1.54) is 24.0 Å². The summed E-state index contributed by atoms with van der Waals surface area (Å²) in [5.41, 5.74) is 3.13. The first kappa shape index (κ1) is 27.0. The normalized spacial score (nSPS) is 24.9. The van der Waals surface area contributed by atoms with Crippen LogP contribution in [0.5, 0.6) is 5.75 Å². The molecule has 3 fully saturated rings. The van der Waals surface area contributed by atoms with E-state index in [0.717, 1.165) is 37.4 Å². The number of halogens is 1. The second kappa shape index (κ2) is 11.7. The first-order chi connectivity index (χ1) is 19.5. The van der Waals surface area contributed by atoms with Gasteiger partial charge in [-0.2, -0.15) is 0 Å². The van der Waals surface area contributed by atoms with E-state index in [1.807, 2.05) is 41.3 Å². The largest absolute Gasteiger partial charge is 0.489 e. The van der Waals surface area contributed by atoms with Crippen LogP contribution in [0.4, 0.5) is 4.39 Å². The summed E-state index contributed by atoms with van der Waals surface area (Å²) in [4.78, 5) is 18.0. The van der Waals surface area contributed by atoms with Crippen molar-refractivity contribution in [3.63, 3.8) is 0 Å². The van der Waals surface area contributed by atoms with E-state index in [2.05, 4.69) is 60.4 Å². The SMILES string of the molecule is CC(CN1CCCC1)Oc1ccc(CC(=O)N2CC3C(F)CCC(c4ccccc4)(c4ccccc4)C3C2)cc1. The second-order valence-corrected chi connectivity index (χ2v) is 12.1. The number of carbonyl (C=O) groups excluding carboxylic acids is 1. The van der Waals surface area contributed by atoms with E-state index in [9.17, 15) is 4.79 Å². The quantitative estimate of drug-likeness (QED) is 0.337. The van der Waals surface area contributed by atoms with Crippen LogP contribution in [0.1, 0.15) is 49.3 Å². The summed E-state index contributed by atoms with van der Waals surface area (Å²) >= 11 is 0. The van der Waals surface area contributed by atoms with E-state index in [4.69, 9.17) is 4.74 Å². The van der Waals surface area contributed by atoms with Gasteiger partial charge >= 0.3 is 0 Å². The van der Waals surface area contributed by atoms with Crippen LogP contribution in [0, 0.1) is 11.8 Å². The summed E-state index contributed by atoms with van der Waals surface area (Å²) in [5.74, 6) is 0.794. The van der Waals surface area contributed by atoms with Crippen LogP contribution in [0.2, 0.25) is 0 Å². The van der Waals surface area contributed by atoms with E-state index in [1.54, 1.807) is 0 Å². The highest BCUT2D eigenvalue weighted by molar-refractivity contribution is 5.79. The van der Waals surface area contributed by atoms with Crippen molar-refractivity contribution < 1.29 is 13.9 Å². The number of amides is 1. The van der Waals surface area contributed by atoms with Crippen molar-refractivity contribution in [2.45, 2.75) is 56.7 Å². The molecule has 0 N–H and O–H groups in total. The molecule has 6 rings (SSSR count). The molecule has 0 radical (unpaired) electrons. The maximum atomic E-state index is 15.5. The fourth-order valence-corrected chi connectivity index (χ4v) is 7.61. The number of fused-ring (bicyclic) bond motifs is 1. The molecule has 2 heterocycles. The number of ether oxygens (including phenoxy) is 1. The molecule has 4 atom stereocenters. The number of alkyl halides is 1. The lowest BCUT2D eigenvalue weighted by Gasteiger charge is -2.47. The number of carbonyl (C=O) groups is 1. The highest BCUT2D eigenvalue weighted by Gasteiger charge is 2.55. The Morgan fingerprint density at radius 2 is 1.55 bits per heavy atom. The topological polar surface area (TPSA) is 32.8 Å². The first-order valence-electron chi connectivity index (χ1n) is 15.0. The molecule has 0 spiro atoms. The molecule has 1 saturated carbocycles.